The van der Waals surface area contributed by atoms with Gasteiger partial charge in [0.05, 0.1) is 24.3 Å². The van der Waals surface area contributed by atoms with Crippen molar-refractivity contribution in [3.63, 3.8) is 0 Å². The number of benzene rings is 1. The number of H-pyrrole nitrogens is 1. The van der Waals surface area contributed by atoms with Gasteiger partial charge in [-0.1, -0.05) is 89.6 Å². The van der Waals surface area contributed by atoms with Crippen LogP contribution in [-0.2, 0) is 22.5 Å². The summed E-state index contributed by atoms with van der Waals surface area (Å²) in [6, 6.07) is 8.41. The van der Waals surface area contributed by atoms with Crippen molar-refractivity contribution in [1.82, 2.24) is 14.9 Å². The second-order valence-corrected chi connectivity index (χ2v) is 10.1. The predicted molar refractivity (Wildman–Crippen MR) is 170 cm³/mol. The Kier molecular flexibility index (Phi) is 17.7. The molecule has 2 aromatic rings. The molecule has 2 atom stereocenters. The summed E-state index contributed by atoms with van der Waals surface area (Å²) in [5, 5.41) is 7.35. The molecule has 7 heteroatoms. The molecule has 41 heavy (non-hydrogen) atoms. The molecule has 3 rings (SSSR count). The highest BCUT2D eigenvalue weighted by molar-refractivity contribution is 5.94. The van der Waals surface area contributed by atoms with Crippen molar-refractivity contribution in [3.05, 3.63) is 77.1 Å². The summed E-state index contributed by atoms with van der Waals surface area (Å²) in [5.41, 5.74) is 4.58. The first-order chi connectivity index (χ1) is 19.7. The summed E-state index contributed by atoms with van der Waals surface area (Å²) < 4.78 is 17.8. The van der Waals surface area contributed by atoms with Crippen LogP contribution >= 0.6 is 0 Å². The van der Waals surface area contributed by atoms with Gasteiger partial charge in [0.2, 0.25) is 0 Å². The number of ether oxygens (including phenoxy) is 1. The van der Waals surface area contributed by atoms with Crippen molar-refractivity contribution >= 4 is 24.0 Å². The summed E-state index contributed by atoms with van der Waals surface area (Å²) >= 11 is 0. The number of aromatic nitrogens is 2. The number of nitrogens with one attached hydrogen (secondary N) is 2. The fourth-order valence-corrected chi connectivity index (χ4v) is 4.07. The van der Waals surface area contributed by atoms with Crippen LogP contribution in [0.25, 0.3) is 12.2 Å². The molecular formula is C34H51FN4O2. The number of halogens is 1. The second-order valence-electron chi connectivity index (χ2n) is 10.1. The number of nitrogens with zero attached hydrogens (tertiary/aromatic N) is 2. The molecule has 226 valence electrons. The van der Waals surface area contributed by atoms with Crippen LogP contribution in [-0.4, -0.2) is 39.4 Å². The van der Waals surface area contributed by atoms with Crippen molar-refractivity contribution in [2.24, 2.45) is 5.92 Å². The number of hydrogen-bond donors (Lipinski definition) is 2. The standard InChI is InChI=1S/C13H18N4O2.C13H16.C8H17F/c1-3-4-12(19-9(2)14)13(18)17-6-5-10-11(7-17)16-8-15-10;1-3-5-9-13-11-7-6-10-12(13)8-4-2;1-4-7(3)6-8(9)5-2/h4,8,14H,3,5-7H2,1-2H3,(H,15,16);4-11H,3H2,1-2H3;7-8H,4-6H2,1-3H3/b12-4+,14-9?;8-4-,9-5+;. The van der Waals surface area contributed by atoms with E-state index in [1.54, 1.807) is 17.3 Å². The van der Waals surface area contributed by atoms with Crippen molar-refractivity contribution in [3.8, 4) is 0 Å². The van der Waals surface area contributed by atoms with Gasteiger partial charge in [-0.15, -0.1) is 0 Å². The molecule has 6 nitrogen and oxygen atoms in total. The van der Waals surface area contributed by atoms with Gasteiger partial charge in [0.25, 0.3) is 5.91 Å². The number of hydrogen-bond acceptors (Lipinski definition) is 4. The van der Waals surface area contributed by atoms with Gasteiger partial charge in [0.15, 0.2) is 11.7 Å². The van der Waals surface area contributed by atoms with Crippen molar-refractivity contribution in [1.29, 1.82) is 5.41 Å². The van der Waals surface area contributed by atoms with Gasteiger partial charge in [-0.2, -0.15) is 0 Å². The highest BCUT2D eigenvalue weighted by Gasteiger charge is 2.25. The molecule has 0 saturated heterocycles. The third kappa shape index (κ3) is 13.6. The number of rotatable bonds is 10. The largest absolute Gasteiger partial charge is 0.438 e. The Hall–Kier alpha value is -3.48. The first-order valence-electron chi connectivity index (χ1n) is 15.0. The number of carbonyl (C=O) groups excluding carboxylic acids is 1. The summed E-state index contributed by atoms with van der Waals surface area (Å²) in [5.74, 6) is 0.638. The normalized spacial score (nSPS) is 14.4. The topological polar surface area (TPSA) is 82.1 Å². The molecular weight excluding hydrogens is 515 g/mol. The van der Waals surface area contributed by atoms with Gasteiger partial charge in [-0.3, -0.25) is 10.2 Å². The Morgan fingerprint density at radius 3 is 2.39 bits per heavy atom. The minimum atomic E-state index is -0.569. The molecule has 0 fully saturated rings. The molecule has 0 aliphatic carbocycles. The number of fused-ring (bicyclic) bond motifs is 1. The molecule has 2 unspecified atom stereocenters. The molecule has 2 N–H and O–H groups in total. The average Bonchev–Trinajstić information content (AvgIpc) is 3.45. The SMILES string of the molecule is C/C=C\c1ccccc1/C=C/CC.CC/C=C(/OC(C)=N)C(=O)N1CCc2nc[nH]c2C1.CCC(C)CC(F)CC. The van der Waals surface area contributed by atoms with Crippen LogP contribution in [0.4, 0.5) is 4.39 Å². The van der Waals surface area contributed by atoms with Gasteiger partial charge in [-0.25, -0.2) is 9.37 Å². The highest BCUT2D eigenvalue weighted by Crippen LogP contribution is 2.18. The first kappa shape index (κ1) is 35.5. The number of alkyl halides is 1. The number of carbonyl (C=O) groups is 1. The Balaban J connectivity index is 0.000000333. The van der Waals surface area contributed by atoms with E-state index < -0.39 is 6.17 Å². The van der Waals surface area contributed by atoms with E-state index in [1.165, 1.54) is 18.1 Å². The lowest BCUT2D eigenvalue weighted by Gasteiger charge is -2.26. The number of imidazole rings is 1. The lowest BCUT2D eigenvalue weighted by atomic mass is 10.0. The molecule has 0 saturated carbocycles. The lowest BCUT2D eigenvalue weighted by Crippen LogP contribution is -2.37. The fourth-order valence-electron chi connectivity index (χ4n) is 4.07. The third-order valence-corrected chi connectivity index (χ3v) is 6.60. The summed E-state index contributed by atoms with van der Waals surface area (Å²) in [4.78, 5) is 21.3. The zero-order valence-electron chi connectivity index (χ0n) is 26.2. The van der Waals surface area contributed by atoms with Crippen LogP contribution in [0.1, 0.15) is 103 Å². The van der Waals surface area contributed by atoms with E-state index in [2.05, 4.69) is 79.3 Å². The zero-order chi connectivity index (χ0) is 30.6. The predicted octanol–water partition coefficient (Wildman–Crippen LogP) is 8.92. The number of allylic oxidation sites excluding steroid dienone is 3. The van der Waals surface area contributed by atoms with Gasteiger partial charge < -0.3 is 14.6 Å². The van der Waals surface area contributed by atoms with E-state index in [9.17, 15) is 9.18 Å². The smallest absolute Gasteiger partial charge is 0.289 e. The molecule has 0 bridgehead atoms. The lowest BCUT2D eigenvalue weighted by molar-refractivity contribution is -0.130. The fraction of sp³-hybridized carbons (Fsp3) is 0.500. The van der Waals surface area contributed by atoms with E-state index in [1.807, 2.05) is 20.8 Å². The quantitative estimate of drug-likeness (QED) is 0.130. The maximum Gasteiger partial charge on any atom is 0.289 e. The van der Waals surface area contributed by atoms with E-state index in [-0.39, 0.29) is 17.6 Å². The van der Waals surface area contributed by atoms with Crippen molar-refractivity contribution < 1.29 is 13.9 Å². The Morgan fingerprint density at radius 2 is 1.83 bits per heavy atom. The molecule has 2 heterocycles. The summed E-state index contributed by atoms with van der Waals surface area (Å²) in [7, 11) is 0. The van der Waals surface area contributed by atoms with E-state index in [4.69, 9.17) is 10.1 Å². The minimum Gasteiger partial charge on any atom is -0.438 e. The molecule has 1 aliphatic heterocycles. The number of aromatic amines is 1. The van der Waals surface area contributed by atoms with E-state index in [0.29, 0.717) is 31.8 Å². The monoisotopic (exact) mass is 566 g/mol. The van der Waals surface area contributed by atoms with Gasteiger partial charge in [0, 0.05) is 19.9 Å². The average molecular weight is 567 g/mol. The zero-order valence-corrected chi connectivity index (χ0v) is 26.2. The summed E-state index contributed by atoms with van der Waals surface area (Å²) in [6.07, 6.45) is 16.4. The highest BCUT2D eigenvalue weighted by atomic mass is 19.1. The van der Waals surface area contributed by atoms with Crippen molar-refractivity contribution in [2.45, 2.75) is 99.7 Å². The van der Waals surface area contributed by atoms with Gasteiger partial charge >= 0.3 is 0 Å². The number of amides is 1. The van der Waals surface area contributed by atoms with Crippen LogP contribution < -0.4 is 0 Å². The second kappa shape index (κ2) is 20.4. The maximum atomic E-state index is 12.6. The summed E-state index contributed by atoms with van der Waals surface area (Å²) in [6.45, 7) is 14.9. The molecule has 1 aliphatic rings. The molecule has 0 spiro atoms. The van der Waals surface area contributed by atoms with Gasteiger partial charge in [-0.05, 0) is 55.7 Å². The van der Waals surface area contributed by atoms with E-state index >= 15 is 0 Å². The van der Waals surface area contributed by atoms with Crippen molar-refractivity contribution in [2.75, 3.05) is 6.54 Å². The van der Waals surface area contributed by atoms with Crippen LogP contribution in [0.2, 0.25) is 0 Å². The molecule has 1 aromatic carbocycles. The first-order valence-corrected chi connectivity index (χ1v) is 15.0. The van der Waals surface area contributed by atoms with Gasteiger partial charge in [0.1, 0.15) is 6.17 Å². The molecule has 1 aromatic heterocycles. The van der Waals surface area contributed by atoms with Crippen LogP contribution in [0.15, 0.2) is 54.6 Å². The maximum absolute atomic E-state index is 12.6. The van der Waals surface area contributed by atoms with Crippen LogP contribution in [0.3, 0.4) is 0 Å². The Morgan fingerprint density at radius 1 is 1.15 bits per heavy atom. The van der Waals surface area contributed by atoms with E-state index in [0.717, 1.165) is 37.1 Å². The molecule has 1 amide bonds. The van der Waals surface area contributed by atoms with Crippen LogP contribution in [0.5, 0.6) is 0 Å². The molecule has 0 radical (unpaired) electrons. The Labute approximate surface area is 247 Å². The third-order valence-electron chi connectivity index (χ3n) is 6.60. The minimum absolute atomic E-state index is 0.0206. The van der Waals surface area contributed by atoms with Crippen LogP contribution in [0, 0.1) is 11.3 Å². The Bertz CT molecular complexity index is 1130.